The number of aromatic hydroxyl groups is 1. The van der Waals surface area contributed by atoms with Crippen LogP contribution in [0.1, 0.15) is 6.42 Å². The molecule has 1 aliphatic heterocycles. The van der Waals surface area contributed by atoms with E-state index < -0.39 is 0 Å². The van der Waals surface area contributed by atoms with Crippen molar-refractivity contribution in [3.05, 3.63) is 48.5 Å². The molecular formula is C22H26N4O3. The number of para-hydroxylation sites is 2. The number of carbonyl (C=O) groups excluding carboxylic acids is 1. The maximum Gasteiger partial charge on any atom is 0.241 e. The van der Waals surface area contributed by atoms with Crippen LogP contribution in [0, 0.1) is 11.3 Å². The molecule has 2 aromatic carbocycles. The van der Waals surface area contributed by atoms with Crippen molar-refractivity contribution in [3.63, 3.8) is 0 Å². The molecule has 7 nitrogen and oxygen atoms in total. The van der Waals surface area contributed by atoms with Gasteiger partial charge in [0.2, 0.25) is 5.91 Å². The third-order valence-electron chi connectivity index (χ3n) is 5.07. The zero-order valence-corrected chi connectivity index (χ0v) is 16.6. The maximum absolute atomic E-state index is 13.1. The lowest BCUT2D eigenvalue weighted by atomic mass is 10.2. The number of carbonyl (C=O) groups is 1. The molecule has 1 amide bonds. The third-order valence-corrected chi connectivity index (χ3v) is 5.07. The molecule has 7 heteroatoms. The van der Waals surface area contributed by atoms with Crippen molar-refractivity contribution in [1.29, 1.82) is 5.26 Å². The Bertz CT molecular complexity index is 855. The van der Waals surface area contributed by atoms with E-state index in [1.165, 1.54) is 0 Å². The summed E-state index contributed by atoms with van der Waals surface area (Å²) in [6.45, 7) is 3.79. The van der Waals surface area contributed by atoms with Gasteiger partial charge in [0.25, 0.3) is 0 Å². The highest BCUT2D eigenvalue weighted by atomic mass is 16.5. The summed E-state index contributed by atoms with van der Waals surface area (Å²) in [5.74, 6) is 0.838. The summed E-state index contributed by atoms with van der Waals surface area (Å²) in [6, 6.07) is 16.7. The lowest BCUT2D eigenvalue weighted by Gasteiger charge is -2.36. The van der Waals surface area contributed by atoms with Gasteiger partial charge in [-0.15, -0.1) is 0 Å². The first-order chi connectivity index (χ1) is 14.1. The lowest BCUT2D eigenvalue weighted by Crippen LogP contribution is -2.50. The minimum absolute atomic E-state index is 0.0390. The van der Waals surface area contributed by atoms with Crippen LogP contribution >= 0.6 is 0 Å². The number of rotatable bonds is 7. The average Bonchev–Trinajstić information content (AvgIpc) is 2.75. The van der Waals surface area contributed by atoms with Crippen LogP contribution in [0.4, 0.5) is 11.4 Å². The highest BCUT2D eigenvalue weighted by Gasteiger charge is 2.24. The van der Waals surface area contributed by atoms with Crippen molar-refractivity contribution in [2.24, 2.45) is 0 Å². The summed E-state index contributed by atoms with van der Waals surface area (Å²) in [7, 11) is 1.58. The number of hydrogen-bond donors (Lipinski definition) is 1. The zero-order valence-electron chi connectivity index (χ0n) is 16.6. The molecule has 0 bridgehead atoms. The quantitative estimate of drug-likeness (QED) is 0.777. The first-order valence-corrected chi connectivity index (χ1v) is 9.69. The van der Waals surface area contributed by atoms with Crippen LogP contribution in [-0.4, -0.2) is 62.3 Å². The lowest BCUT2D eigenvalue weighted by molar-refractivity contribution is -0.119. The summed E-state index contributed by atoms with van der Waals surface area (Å²) < 4.78 is 5.40. The number of methoxy groups -OCH3 is 1. The van der Waals surface area contributed by atoms with Gasteiger partial charge in [0.05, 0.1) is 31.8 Å². The molecule has 1 aliphatic rings. The average molecular weight is 394 g/mol. The number of phenols is 1. The number of hydrogen-bond acceptors (Lipinski definition) is 6. The molecule has 0 atom stereocenters. The van der Waals surface area contributed by atoms with Crippen molar-refractivity contribution in [2.45, 2.75) is 6.42 Å². The van der Waals surface area contributed by atoms with Crippen molar-refractivity contribution in [3.8, 4) is 17.6 Å². The first kappa shape index (κ1) is 20.5. The Morgan fingerprint density at radius 3 is 2.48 bits per heavy atom. The first-order valence-electron chi connectivity index (χ1n) is 9.69. The highest BCUT2D eigenvalue weighted by molar-refractivity contribution is 5.96. The van der Waals surface area contributed by atoms with E-state index in [1.54, 1.807) is 24.1 Å². The minimum Gasteiger partial charge on any atom is -0.508 e. The van der Waals surface area contributed by atoms with Gasteiger partial charge in [-0.1, -0.05) is 12.1 Å². The molecule has 0 spiro atoms. The van der Waals surface area contributed by atoms with Crippen molar-refractivity contribution < 1.29 is 14.6 Å². The summed E-state index contributed by atoms with van der Waals surface area (Å²) >= 11 is 0. The number of piperazine rings is 1. The number of anilines is 2. The van der Waals surface area contributed by atoms with Crippen LogP contribution in [0.5, 0.6) is 11.5 Å². The largest absolute Gasteiger partial charge is 0.508 e. The van der Waals surface area contributed by atoms with Crippen LogP contribution in [0.3, 0.4) is 0 Å². The number of nitriles is 1. The molecule has 1 N–H and O–H groups in total. The summed E-state index contributed by atoms with van der Waals surface area (Å²) in [6.07, 6.45) is 0.262. The van der Waals surface area contributed by atoms with Gasteiger partial charge in [-0.3, -0.25) is 9.69 Å². The standard InChI is InChI=1S/C22H26N4O3/c1-29-21-6-3-2-5-20(21)26(12-4-11-23)22(28)17-24-13-15-25(16-14-24)18-7-9-19(27)10-8-18/h2-3,5-10,27H,4,12-17H2,1H3. The van der Waals surface area contributed by atoms with E-state index >= 15 is 0 Å². The Morgan fingerprint density at radius 1 is 1.14 bits per heavy atom. The van der Waals surface area contributed by atoms with Crippen LogP contribution < -0.4 is 14.5 Å². The molecule has 1 fully saturated rings. The molecule has 152 valence electrons. The van der Waals surface area contributed by atoms with E-state index in [1.807, 2.05) is 36.4 Å². The predicted octanol–water partition coefficient (Wildman–Crippen LogP) is 2.47. The van der Waals surface area contributed by atoms with Gasteiger partial charge in [0, 0.05) is 38.4 Å². The normalized spacial score (nSPS) is 14.3. The fourth-order valence-electron chi connectivity index (χ4n) is 3.50. The van der Waals surface area contributed by atoms with Gasteiger partial charge >= 0.3 is 0 Å². The Hall–Kier alpha value is -3.24. The Kier molecular flexibility index (Phi) is 6.93. The minimum atomic E-state index is -0.0390. The number of nitrogens with zero attached hydrogens (tertiary/aromatic N) is 4. The molecule has 0 aromatic heterocycles. The van der Waals surface area contributed by atoms with E-state index in [4.69, 9.17) is 10.00 Å². The molecule has 3 rings (SSSR count). The summed E-state index contributed by atoms with van der Waals surface area (Å²) in [4.78, 5) is 19.1. The van der Waals surface area contributed by atoms with Gasteiger partial charge in [0.15, 0.2) is 0 Å². The SMILES string of the molecule is COc1ccccc1N(CCC#N)C(=O)CN1CCN(c2ccc(O)cc2)CC1. The highest BCUT2D eigenvalue weighted by Crippen LogP contribution is 2.28. The fourth-order valence-corrected chi connectivity index (χ4v) is 3.50. The smallest absolute Gasteiger partial charge is 0.241 e. The van der Waals surface area contributed by atoms with Gasteiger partial charge < -0.3 is 19.6 Å². The molecule has 1 saturated heterocycles. The number of benzene rings is 2. The van der Waals surface area contributed by atoms with E-state index in [9.17, 15) is 9.90 Å². The Balaban J connectivity index is 1.63. The Labute approximate surface area is 171 Å². The van der Waals surface area contributed by atoms with Gasteiger partial charge in [-0.05, 0) is 36.4 Å². The van der Waals surface area contributed by atoms with E-state index in [2.05, 4.69) is 15.9 Å². The maximum atomic E-state index is 13.1. The zero-order chi connectivity index (χ0) is 20.6. The number of ether oxygens (including phenoxy) is 1. The molecule has 2 aromatic rings. The van der Waals surface area contributed by atoms with Crippen molar-refractivity contribution in [1.82, 2.24) is 4.90 Å². The summed E-state index contributed by atoms with van der Waals surface area (Å²) in [5.41, 5.74) is 1.76. The van der Waals surface area contributed by atoms with Crippen LogP contribution in [0.15, 0.2) is 48.5 Å². The van der Waals surface area contributed by atoms with E-state index in [-0.39, 0.29) is 18.1 Å². The predicted molar refractivity (Wildman–Crippen MR) is 112 cm³/mol. The fraction of sp³-hybridized carbons (Fsp3) is 0.364. The second-order valence-electron chi connectivity index (χ2n) is 6.90. The topological polar surface area (TPSA) is 80.0 Å². The van der Waals surface area contributed by atoms with E-state index in [0.29, 0.717) is 24.5 Å². The van der Waals surface area contributed by atoms with Gasteiger partial charge in [0.1, 0.15) is 11.5 Å². The molecular weight excluding hydrogens is 368 g/mol. The second kappa shape index (κ2) is 9.80. The molecule has 0 aliphatic carbocycles. The van der Waals surface area contributed by atoms with Gasteiger partial charge in [-0.25, -0.2) is 0 Å². The number of phenolic OH excluding ortho intramolecular Hbond substituents is 1. The molecule has 0 unspecified atom stereocenters. The van der Waals surface area contributed by atoms with Crippen LogP contribution in [0.25, 0.3) is 0 Å². The van der Waals surface area contributed by atoms with E-state index in [0.717, 1.165) is 31.9 Å². The molecule has 0 saturated carbocycles. The molecule has 0 radical (unpaired) electrons. The number of amides is 1. The third kappa shape index (κ3) is 5.18. The molecule has 29 heavy (non-hydrogen) atoms. The Morgan fingerprint density at radius 2 is 1.83 bits per heavy atom. The van der Waals surface area contributed by atoms with Crippen molar-refractivity contribution in [2.75, 3.05) is 56.2 Å². The van der Waals surface area contributed by atoms with Crippen LogP contribution in [0.2, 0.25) is 0 Å². The second-order valence-corrected chi connectivity index (χ2v) is 6.90. The van der Waals surface area contributed by atoms with Gasteiger partial charge in [-0.2, -0.15) is 5.26 Å². The van der Waals surface area contributed by atoms with Crippen LogP contribution in [-0.2, 0) is 4.79 Å². The van der Waals surface area contributed by atoms with Crippen molar-refractivity contribution >= 4 is 17.3 Å². The summed E-state index contributed by atoms with van der Waals surface area (Å²) in [5, 5.41) is 18.4. The monoisotopic (exact) mass is 394 g/mol. The molecule has 1 heterocycles.